The number of carboxylic acids is 1. The van der Waals surface area contributed by atoms with Gasteiger partial charge in [-0.05, 0) is 89.1 Å². The van der Waals surface area contributed by atoms with Gasteiger partial charge in [0.1, 0.15) is 6.04 Å². The van der Waals surface area contributed by atoms with E-state index < -0.39 is 18.0 Å². The largest absolute Gasteiger partial charge is 0.480 e. The topological polar surface area (TPSA) is 166 Å². The van der Waals surface area contributed by atoms with Gasteiger partial charge in [-0.1, -0.05) is 51.2 Å². The second-order valence-electron chi connectivity index (χ2n) is 13.1. The van der Waals surface area contributed by atoms with E-state index in [1.54, 1.807) is 0 Å². The van der Waals surface area contributed by atoms with Crippen molar-refractivity contribution in [2.45, 2.75) is 135 Å². The maximum absolute atomic E-state index is 12.2. The fourth-order valence-corrected chi connectivity index (χ4v) is 5.69. The fourth-order valence-electron chi connectivity index (χ4n) is 5.69. The molecule has 0 fully saturated rings. The number of pyridine rings is 2. The fraction of sp³-hybridized carbons (Fsp3) is 0.632. The van der Waals surface area contributed by atoms with Crippen LogP contribution in [0.4, 0.5) is 4.79 Å². The highest BCUT2D eigenvalue weighted by atomic mass is 16.4. The van der Waals surface area contributed by atoms with Gasteiger partial charge < -0.3 is 26.4 Å². The average Bonchev–Trinajstić information content (AvgIpc) is 3.09. The molecule has 2 aromatic rings. The molecule has 0 radical (unpaired) electrons. The third-order valence-electron chi connectivity index (χ3n) is 8.45. The summed E-state index contributed by atoms with van der Waals surface area (Å²) < 4.78 is 0. The van der Waals surface area contributed by atoms with Gasteiger partial charge in [-0.2, -0.15) is 0 Å². The van der Waals surface area contributed by atoms with Crippen LogP contribution in [0.25, 0.3) is 0 Å². The van der Waals surface area contributed by atoms with Crippen LogP contribution in [0.2, 0.25) is 0 Å². The van der Waals surface area contributed by atoms with Gasteiger partial charge in [0.05, 0.1) is 11.4 Å². The standard InChI is InChI=1S/C38H61N7O5/c1-3-18-31(2)43-38(50)44-34(37(48)49)21-12-16-27-42-36(47)23-9-5-4-8-22-35(46)41-26-13-6-7-17-28-45(29-32-19-10-14-24-39-32)30-33-20-11-15-25-40-33/h10-11,14-15,19-20,24-25,31,34H,3-9,12-13,16-18,21-23,26-30H2,1-2H3,(H,41,46)(H,42,47)(H,48,49)(H2,43,44,50). The molecule has 0 aromatic carbocycles. The Labute approximate surface area is 299 Å². The van der Waals surface area contributed by atoms with Gasteiger partial charge in [-0.15, -0.1) is 0 Å². The maximum Gasteiger partial charge on any atom is 0.326 e. The van der Waals surface area contributed by atoms with Gasteiger partial charge in [0.25, 0.3) is 0 Å². The van der Waals surface area contributed by atoms with Gasteiger partial charge in [-0.3, -0.25) is 24.5 Å². The van der Waals surface area contributed by atoms with Gasteiger partial charge in [0.15, 0.2) is 0 Å². The molecule has 5 N–H and O–H groups in total. The number of carbonyl (C=O) groups is 4. The second-order valence-corrected chi connectivity index (χ2v) is 13.1. The van der Waals surface area contributed by atoms with Crippen molar-refractivity contribution < 1.29 is 24.3 Å². The lowest BCUT2D eigenvalue weighted by molar-refractivity contribution is -0.139. The molecule has 0 saturated heterocycles. The number of nitrogens with zero attached hydrogens (tertiary/aromatic N) is 3. The first-order valence-electron chi connectivity index (χ1n) is 18.6. The third-order valence-corrected chi connectivity index (χ3v) is 8.45. The van der Waals surface area contributed by atoms with Gasteiger partial charge in [0, 0.05) is 57.5 Å². The van der Waals surface area contributed by atoms with Gasteiger partial charge in [-0.25, -0.2) is 9.59 Å². The Morgan fingerprint density at radius 3 is 1.76 bits per heavy atom. The number of rotatable bonds is 28. The van der Waals surface area contributed by atoms with Crippen LogP contribution in [0, 0.1) is 0 Å². The minimum atomic E-state index is -1.07. The molecule has 12 heteroatoms. The number of aliphatic carboxylic acids is 1. The Hall–Kier alpha value is -4.06. The van der Waals surface area contributed by atoms with Crippen molar-refractivity contribution in [1.82, 2.24) is 36.1 Å². The van der Waals surface area contributed by atoms with E-state index in [0.717, 1.165) is 95.2 Å². The first-order valence-corrected chi connectivity index (χ1v) is 18.6. The van der Waals surface area contributed by atoms with E-state index in [2.05, 4.69) is 48.3 Å². The number of nitrogens with one attached hydrogen (secondary N) is 4. The molecule has 2 rings (SSSR count). The normalized spacial score (nSPS) is 12.2. The molecule has 2 atom stereocenters. The van der Waals surface area contributed by atoms with Crippen molar-refractivity contribution in [3.8, 4) is 0 Å². The lowest BCUT2D eigenvalue weighted by Crippen LogP contribution is -2.48. The van der Waals surface area contributed by atoms with Crippen LogP contribution < -0.4 is 21.3 Å². The Balaban J connectivity index is 1.44. The summed E-state index contributed by atoms with van der Waals surface area (Å²) in [6, 6.07) is 10.6. The Morgan fingerprint density at radius 1 is 0.700 bits per heavy atom. The van der Waals surface area contributed by atoms with Gasteiger partial charge in [0.2, 0.25) is 11.8 Å². The molecule has 50 heavy (non-hydrogen) atoms. The molecule has 0 aliphatic rings. The number of unbranched alkanes of at least 4 members (excludes halogenated alkanes) is 7. The molecule has 278 valence electrons. The first kappa shape index (κ1) is 42.1. The maximum atomic E-state index is 12.2. The molecule has 0 bridgehead atoms. The predicted molar refractivity (Wildman–Crippen MR) is 196 cm³/mol. The smallest absolute Gasteiger partial charge is 0.326 e. The molecular weight excluding hydrogens is 634 g/mol. The van der Waals surface area contributed by atoms with Crippen LogP contribution in [-0.2, 0) is 27.5 Å². The van der Waals surface area contributed by atoms with Crippen LogP contribution in [0.15, 0.2) is 48.8 Å². The van der Waals surface area contributed by atoms with Crippen molar-refractivity contribution in [2.24, 2.45) is 0 Å². The highest BCUT2D eigenvalue weighted by molar-refractivity contribution is 5.82. The van der Waals surface area contributed by atoms with E-state index >= 15 is 0 Å². The summed E-state index contributed by atoms with van der Waals surface area (Å²) in [5, 5.41) is 20.6. The lowest BCUT2D eigenvalue weighted by atomic mass is 10.1. The zero-order chi connectivity index (χ0) is 36.2. The van der Waals surface area contributed by atoms with E-state index in [1.165, 1.54) is 0 Å². The molecule has 2 unspecified atom stereocenters. The third kappa shape index (κ3) is 21.1. The number of hydrogen-bond donors (Lipinski definition) is 5. The number of hydrogen-bond acceptors (Lipinski definition) is 7. The molecule has 4 amide bonds. The lowest BCUT2D eigenvalue weighted by Gasteiger charge is -2.21. The summed E-state index contributed by atoms with van der Waals surface area (Å²) in [7, 11) is 0. The molecule has 2 aromatic heterocycles. The molecule has 0 aliphatic carbocycles. The molecule has 0 saturated carbocycles. The van der Waals surface area contributed by atoms with Crippen LogP contribution in [0.1, 0.15) is 122 Å². The molecular formula is C38H61N7O5. The van der Waals surface area contributed by atoms with Crippen molar-refractivity contribution in [3.05, 3.63) is 60.2 Å². The number of amides is 4. The van der Waals surface area contributed by atoms with Crippen LogP contribution in [0.5, 0.6) is 0 Å². The van der Waals surface area contributed by atoms with Crippen LogP contribution in [-0.4, -0.2) is 75.5 Å². The summed E-state index contributed by atoms with van der Waals surface area (Å²) in [5.74, 6) is -0.995. The number of aromatic nitrogens is 2. The highest BCUT2D eigenvalue weighted by Gasteiger charge is 2.20. The summed E-state index contributed by atoms with van der Waals surface area (Å²) in [5.41, 5.74) is 2.11. The Kier molecular flexibility index (Phi) is 22.5. The number of carboxylic acid groups (broad SMARTS) is 1. The quantitative estimate of drug-likeness (QED) is 0.0705. The van der Waals surface area contributed by atoms with Crippen molar-refractivity contribution >= 4 is 23.8 Å². The molecule has 0 spiro atoms. The minimum absolute atomic E-state index is 0.0167. The van der Waals surface area contributed by atoms with Crippen molar-refractivity contribution in [3.63, 3.8) is 0 Å². The number of carbonyl (C=O) groups excluding carboxylic acids is 3. The molecule has 0 aliphatic heterocycles. The van der Waals surface area contributed by atoms with Gasteiger partial charge >= 0.3 is 12.0 Å². The first-order chi connectivity index (χ1) is 24.3. The van der Waals surface area contributed by atoms with E-state index in [9.17, 15) is 24.3 Å². The zero-order valence-electron chi connectivity index (χ0n) is 30.3. The summed E-state index contributed by atoms with van der Waals surface area (Å²) >= 11 is 0. The second kappa shape index (κ2) is 26.8. The summed E-state index contributed by atoms with van der Waals surface area (Å²) in [6.07, 6.45) is 15.5. The summed E-state index contributed by atoms with van der Waals surface area (Å²) in [4.78, 5) is 59.3. The minimum Gasteiger partial charge on any atom is -0.480 e. The average molecular weight is 696 g/mol. The van der Waals surface area contributed by atoms with E-state index in [4.69, 9.17) is 0 Å². The SMILES string of the molecule is CCCC(C)NC(=O)NC(CCCCNC(=O)CCCCCCC(=O)NCCCCCCN(Cc1ccccn1)Cc1ccccn1)C(=O)O. The highest BCUT2D eigenvalue weighted by Crippen LogP contribution is 2.10. The van der Waals surface area contributed by atoms with E-state index in [1.807, 2.05) is 50.5 Å². The Bertz CT molecular complexity index is 1180. The monoisotopic (exact) mass is 695 g/mol. The van der Waals surface area contributed by atoms with Crippen molar-refractivity contribution in [2.75, 3.05) is 19.6 Å². The Morgan fingerprint density at radius 2 is 1.24 bits per heavy atom. The summed E-state index contributed by atoms with van der Waals surface area (Å²) in [6.45, 7) is 7.63. The molecule has 2 heterocycles. The van der Waals surface area contributed by atoms with Crippen LogP contribution in [0.3, 0.4) is 0 Å². The van der Waals surface area contributed by atoms with E-state index in [-0.39, 0.29) is 17.9 Å². The predicted octanol–water partition coefficient (Wildman–Crippen LogP) is 5.72. The molecule has 12 nitrogen and oxygen atoms in total. The van der Waals surface area contributed by atoms with Crippen molar-refractivity contribution in [1.29, 1.82) is 0 Å². The number of urea groups is 1. The van der Waals surface area contributed by atoms with Crippen LogP contribution >= 0.6 is 0 Å². The van der Waals surface area contributed by atoms with E-state index in [0.29, 0.717) is 45.2 Å². The zero-order valence-corrected chi connectivity index (χ0v) is 30.3.